The number of amides is 3. The van der Waals surface area contributed by atoms with Gasteiger partial charge in [-0.3, -0.25) is 9.69 Å². The number of nitrogens with one attached hydrogen (secondary N) is 1. The molecule has 6 nitrogen and oxygen atoms in total. The molecule has 1 saturated heterocycles. The molecule has 0 bridgehead atoms. The highest BCUT2D eigenvalue weighted by molar-refractivity contribution is 6.04. The minimum absolute atomic E-state index is 0.167. The molecule has 1 heterocycles. The second-order valence-electron chi connectivity index (χ2n) is 6.71. The van der Waals surface area contributed by atoms with Gasteiger partial charge in [0, 0.05) is 12.2 Å². The van der Waals surface area contributed by atoms with E-state index in [2.05, 4.69) is 5.32 Å². The lowest BCUT2D eigenvalue weighted by molar-refractivity contribution is -0.128. The molecular formula is C19H28N2O4. The molecule has 138 valence electrons. The fourth-order valence-electron chi connectivity index (χ4n) is 2.81. The van der Waals surface area contributed by atoms with E-state index in [1.54, 1.807) is 0 Å². The van der Waals surface area contributed by atoms with E-state index in [1.807, 2.05) is 45.9 Å². The van der Waals surface area contributed by atoms with Crippen LogP contribution in [0.5, 0.6) is 5.75 Å². The molecule has 3 amide bonds. The first kappa shape index (κ1) is 19.2. The van der Waals surface area contributed by atoms with Gasteiger partial charge in [0.15, 0.2) is 0 Å². The zero-order valence-corrected chi connectivity index (χ0v) is 15.5. The standard InChI is InChI=1S/C19H28N2O4/c1-5-24-8-9-25-17-11-14(4)6-7-15(17)12-21-18(22)16(10-13(2)3)20-19(21)23/h6-7,11,13,16H,5,8-10,12H2,1-4H3,(H,20,23). The van der Waals surface area contributed by atoms with Crippen LogP contribution in [-0.4, -0.2) is 42.7 Å². The number of rotatable bonds is 9. The average molecular weight is 348 g/mol. The maximum atomic E-state index is 12.5. The van der Waals surface area contributed by atoms with Gasteiger partial charge in [-0.15, -0.1) is 0 Å². The molecule has 0 aliphatic carbocycles. The molecule has 0 spiro atoms. The molecule has 1 fully saturated rings. The van der Waals surface area contributed by atoms with E-state index >= 15 is 0 Å². The summed E-state index contributed by atoms with van der Waals surface area (Å²) in [6.45, 7) is 9.77. The van der Waals surface area contributed by atoms with E-state index in [1.165, 1.54) is 4.90 Å². The molecule has 1 aliphatic rings. The van der Waals surface area contributed by atoms with Crippen molar-refractivity contribution in [2.75, 3.05) is 19.8 Å². The molecule has 1 aromatic carbocycles. The lowest BCUT2D eigenvalue weighted by Crippen LogP contribution is -2.31. The summed E-state index contributed by atoms with van der Waals surface area (Å²) in [5.41, 5.74) is 1.88. The summed E-state index contributed by atoms with van der Waals surface area (Å²) in [5.74, 6) is 0.859. The fourth-order valence-corrected chi connectivity index (χ4v) is 2.81. The molecule has 2 rings (SSSR count). The monoisotopic (exact) mass is 348 g/mol. The summed E-state index contributed by atoms with van der Waals surface area (Å²) in [7, 11) is 0. The van der Waals surface area contributed by atoms with Crippen molar-refractivity contribution in [2.24, 2.45) is 5.92 Å². The number of imide groups is 1. The zero-order valence-electron chi connectivity index (χ0n) is 15.5. The largest absolute Gasteiger partial charge is 0.491 e. The van der Waals surface area contributed by atoms with Crippen molar-refractivity contribution in [1.82, 2.24) is 10.2 Å². The van der Waals surface area contributed by atoms with Crippen LogP contribution >= 0.6 is 0 Å². The van der Waals surface area contributed by atoms with Gasteiger partial charge in [-0.2, -0.15) is 0 Å². The Morgan fingerprint density at radius 2 is 2.00 bits per heavy atom. The number of ether oxygens (including phenoxy) is 2. The molecule has 1 atom stereocenters. The first-order valence-corrected chi connectivity index (χ1v) is 8.84. The number of aryl methyl sites for hydroxylation is 1. The number of benzene rings is 1. The van der Waals surface area contributed by atoms with Gasteiger partial charge < -0.3 is 14.8 Å². The van der Waals surface area contributed by atoms with Gasteiger partial charge >= 0.3 is 6.03 Å². The van der Waals surface area contributed by atoms with Crippen LogP contribution in [0.15, 0.2) is 18.2 Å². The van der Waals surface area contributed by atoms with Gasteiger partial charge in [0.2, 0.25) is 0 Å². The third-order valence-electron chi connectivity index (χ3n) is 4.05. The maximum absolute atomic E-state index is 12.5. The number of nitrogens with zero attached hydrogens (tertiary/aromatic N) is 1. The van der Waals surface area contributed by atoms with E-state index in [0.29, 0.717) is 37.9 Å². The predicted octanol–water partition coefficient (Wildman–Crippen LogP) is 2.88. The van der Waals surface area contributed by atoms with Crippen LogP contribution in [0.1, 0.15) is 38.3 Å². The second-order valence-corrected chi connectivity index (χ2v) is 6.71. The first-order valence-electron chi connectivity index (χ1n) is 8.84. The van der Waals surface area contributed by atoms with E-state index in [-0.39, 0.29) is 18.5 Å². The van der Waals surface area contributed by atoms with Crippen molar-refractivity contribution in [3.8, 4) is 5.75 Å². The molecule has 25 heavy (non-hydrogen) atoms. The number of urea groups is 1. The highest BCUT2D eigenvalue weighted by Gasteiger charge is 2.38. The second kappa shape index (κ2) is 8.85. The van der Waals surface area contributed by atoms with Crippen molar-refractivity contribution in [2.45, 2.75) is 46.7 Å². The SMILES string of the molecule is CCOCCOc1cc(C)ccc1CN1C(=O)NC(CC(C)C)C1=O. The van der Waals surface area contributed by atoms with Crippen molar-refractivity contribution < 1.29 is 19.1 Å². The quantitative estimate of drug-likeness (QED) is 0.550. The van der Waals surface area contributed by atoms with E-state index in [9.17, 15) is 9.59 Å². The number of hydrogen-bond acceptors (Lipinski definition) is 4. The zero-order chi connectivity index (χ0) is 18.4. The Kier molecular flexibility index (Phi) is 6.82. The van der Waals surface area contributed by atoms with Gasteiger partial charge in [0.05, 0.1) is 13.2 Å². The molecule has 6 heteroatoms. The Bertz CT molecular complexity index is 615. The molecular weight excluding hydrogens is 320 g/mol. The molecule has 1 unspecified atom stereocenters. The van der Waals surface area contributed by atoms with Crippen LogP contribution in [0.4, 0.5) is 4.79 Å². The van der Waals surface area contributed by atoms with Gasteiger partial charge in [-0.1, -0.05) is 26.0 Å². The lowest BCUT2D eigenvalue weighted by atomic mass is 10.0. The summed E-state index contributed by atoms with van der Waals surface area (Å²) in [6.07, 6.45) is 0.646. The summed E-state index contributed by atoms with van der Waals surface area (Å²) < 4.78 is 11.1. The summed E-state index contributed by atoms with van der Waals surface area (Å²) in [6, 6.07) is 5.01. The normalized spacial score (nSPS) is 17.3. The third kappa shape index (κ3) is 5.19. The van der Waals surface area contributed by atoms with Gasteiger partial charge in [0.25, 0.3) is 5.91 Å². The Labute approximate surface area is 149 Å². The van der Waals surface area contributed by atoms with Gasteiger partial charge in [-0.05, 0) is 37.8 Å². The van der Waals surface area contributed by atoms with Crippen molar-refractivity contribution in [3.05, 3.63) is 29.3 Å². The Hall–Kier alpha value is -2.08. The molecule has 1 N–H and O–H groups in total. The van der Waals surface area contributed by atoms with Gasteiger partial charge in [-0.25, -0.2) is 4.79 Å². The van der Waals surface area contributed by atoms with Crippen molar-refractivity contribution >= 4 is 11.9 Å². The smallest absolute Gasteiger partial charge is 0.325 e. The maximum Gasteiger partial charge on any atom is 0.325 e. The summed E-state index contributed by atoms with van der Waals surface area (Å²) in [5, 5.41) is 2.77. The van der Waals surface area contributed by atoms with Crippen LogP contribution in [0.25, 0.3) is 0 Å². The molecule has 0 aromatic heterocycles. The van der Waals surface area contributed by atoms with E-state index in [4.69, 9.17) is 9.47 Å². The highest BCUT2D eigenvalue weighted by atomic mass is 16.5. The average Bonchev–Trinajstić information content (AvgIpc) is 2.80. The number of hydrogen-bond donors (Lipinski definition) is 1. The Morgan fingerprint density at radius 3 is 2.68 bits per heavy atom. The molecule has 0 radical (unpaired) electrons. The topological polar surface area (TPSA) is 67.9 Å². The van der Waals surface area contributed by atoms with Crippen LogP contribution < -0.4 is 10.1 Å². The van der Waals surface area contributed by atoms with Gasteiger partial charge in [0.1, 0.15) is 18.4 Å². The lowest BCUT2D eigenvalue weighted by Gasteiger charge is -2.17. The minimum atomic E-state index is -0.430. The fraction of sp³-hybridized carbons (Fsp3) is 0.579. The molecule has 1 aliphatic heterocycles. The predicted molar refractivity (Wildman–Crippen MR) is 95.5 cm³/mol. The first-order chi connectivity index (χ1) is 11.9. The molecule has 1 aromatic rings. The van der Waals surface area contributed by atoms with Crippen molar-refractivity contribution in [3.63, 3.8) is 0 Å². The number of carbonyl (C=O) groups excluding carboxylic acids is 2. The van der Waals surface area contributed by atoms with Crippen molar-refractivity contribution in [1.29, 1.82) is 0 Å². The Morgan fingerprint density at radius 1 is 1.24 bits per heavy atom. The third-order valence-corrected chi connectivity index (χ3v) is 4.05. The van der Waals surface area contributed by atoms with E-state index in [0.717, 1.165) is 11.1 Å². The number of carbonyl (C=O) groups is 2. The summed E-state index contributed by atoms with van der Waals surface area (Å²) in [4.78, 5) is 26.0. The van der Waals surface area contributed by atoms with Crippen LogP contribution in [0, 0.1) is 12.8 Å². The van der Waals surface area contributed by atoms with Crippen LogP contribution in [-0.2, 0) is 16.1 Å². The Balaban J connectivity index is 2.08. The van der Waals surface area contributed by atoms with E-state index < -0.39 is 6.04 Å². The summed E-state index contributed by atoms with van der Waals surface area (Å²) >= 11 is 0. The minimum Gasteiger partial charge on any atom is -0.491 e. The van der Waals surface area contributed by atoms with Crippen LogP contribution in [0.3, 0.4) is 0 Å². The highest BCUT2D eigenvalue weighted by Crippen LogP contribution is 2.24. The molecule has 0 saturated carbocycles. The van der Waals surface area contributed by atoms with Crippen LogP contribution in [0.2, 0.25) is 0 Å².